The zero-order chi connectivity index (χ0) is 12.1. The van der Waals surface area contributed by atoms with E-state index in [1.807, 2.05) is 6.07 Å². The summed E-state index contributed by atoms with van der Waals surface area (Å²) in [5.74, 6) is 0.148. The fraction of sp³-hybridized carbons (Fsp3) is 0. The molecule has 1 aromatic carbocycles. The zero-order valence-corrected chi connectivity index (χ0v) is 12.2. The molecule has 86 valence electrons. The van der Waals surface area contributed by atoms with Gasteiger partial charge in [-0.1, -0.05) is 6.07 Å². The summed E-state index contributed by atoms with van der Waals surface area (Å²) in [6.45, 7) is 0. The summed E-state index contributed by atoms with van der Waals surface area (Å²) >= 11 is 0.812. The van der Waals surface area contributed by atoms with Gasteiger partial charge in [0.25, 0.3) is 0 Å². The Labute approximate surface area is 109 Å². The summed E-state index contributed by atoms with van der Waals surface area (Å²) in [6, 6.07) is 5.11. The molecule has 0 bridgehead atoms. The van der Waals surface area contributed by atoms with Crippen molar-refractivity contribution in [1.29, 1.82) is 0 Å². The van der Waals surface area contributed by atoms with Gasteiger partial charge in [-0.3, -0.25) is 3.07 Å². The first-order valence-electron chi connectivity index (χ1n) is 3.28. The van der Waals surface area contributed by atoms with Gasteiger partial charge in [0.2, 0.25) is 0 Å². The van der Waals surface area contributed by atoms with Crippen LogP contribution in [-0.2, 0) is 7.63 Å². The molecule has 0 aromatic heterocycles. The highest BCUT2D eigenvalue weighted by atomic mass is 127. The quantitative estimate of drug-likeness (QED) is 0.374. The Morgan fingerprint density at radius 3 is 2.00 bits per heavy atom. The van der Waals surface area contributed by atoms with Gasteiger partial charge in [-0.2, -0.15) is 0 Å². The Kier molecular flexibility index (Phi) is 7.04. The van der Waals surface area contributed by atoms with E-state index in [4.69, 9.17) is 24.4 Å². The van der Waals surface area contributed by atoms with E-state index in [0.29, 0.717) is 3.57 Å². The van der Waals surface area contributed by atoms with Crippen LogP contribution < -0.4 is 0 Å². The maximum atomic E-state index is 10.5. The van der Waals surface area contributed by atoms with Crippen LogP contribution in [0.3, 0.4) is 0 Å². The second kappa shape index (κ2) is 6.86. The third-order valence-electron chi connectivity index (χ3n) is 1.01. The number of benzene rings is 1. The highest BCUT2D eigenvalue weighted by Gasteiger charge is 2.03. The lowest BCUT2D eigenvalue weighted by Crippen LogP contribution is -1.78. The van der Waals surface area contributed by atoms with Gasteiger partial charge in [-0.05, 0) is 34.7 Å². The molecule has 1 aromatic rings. The van der Waals surface area contributed by atoms with Crippen molar-refractivity contribution in [3.8, 4) is 5.75 Å². The molecule has 0 amide bonds. The van der Waals surface area contributed by atoms with Crippen LogP contribution in [0.15, 0.2) is 18.2 Å². The van der Waals surface area contributed by atoms with E-state index in [9.17, 15) is 3.07 Å². The first-order chi connectivity index (χ1) is 6.75. The van der Waals surface area contributed by atoms with Crippen LogP contribution in [0, 0.1) is 7.14 Å². The summed E-state index contributed by atoms with van der Waals surface area (Å²) in [5, 5.41) is 9.11. The van der Waals surface area contributed by atoms with Crippen molar-refractivity contribution in [3.05, 3.63) is 25.3 Å². The van der Waals surface area contributed by atoms with Crippen LogP contribution >= 0.6 is 51.6 Å². The standard InChI is InChI=1S/C6H4I2O2.H3O4P/c7-4-2-1-3-5(9)6(4)8-10;1-5(2,3)4/h1-3,9H;(H3,1,2,3,4). The Bertz CT molecular complexity index is 361. The van der Waals surface area contributed by atoms with Gasteiger partial charge < -0.3 is 19.8 Å². The van der Waals surface area contributed by atoms with E-state index in [1.165, 1.54) is 0 Å². The monoisotopic (exact) mass is 460 g/mol. The van der Waals surface area contributed by atoms with E-state index in [2.05, 4.69) is 22.6 Å². The lowest BCUT2D eigenvalue weighted by molar-refractivity contribution is 0.275. The van der Waals surface area contributed by atoms with Gasteiger partial charge in [-0.25, -0.2) is 4.57 Å². The molecule has 4 N–H and O–H groups in total. The van der Waals surface area contributed by atoms with Crippen LogP contribution in [0.1, 0.15) is 0 Å². The average molecular weight is 460 g/mol. The largest absolute Gasteiger partial charge is 0.507 e. The number of phenols is 1. The molecule has 0 spiro atoms. The molecular weight excluding hydrogens is 453 g/mol. The fourth-order valence-corrected chi connectivity index (χ4v) is 2.41. The number of rotatable bonds is 1. The second-order valence-electron chi connectivity index (χ2n) is 2.16. The van der Waals surface area contributed by atoms with Crippen molar-refractivity contribution in [2.75, 3.05) is 0 Å². The van der Waals surface area contributed by atoms with E-state index < -0.39 is 29.0 Å². The van der Waals surface area contributed by atoms with Crippen LogP contribution in [0.4, 0.5) is 0 Å². The molecule has 0 aliphatic heterocycles. The molecule has 0 unspecified atom stereocenters. The van der Waals surface area contributed by atoms with Gasteiger partial charge in [0.05, 0.1) is 0 Å². The van der Waals surface area contributed by atoms with Gasteiger partial charge >= 0.3 is 7.82 Å². The molecule has 6 nitrogen and oxygen atoms in total. The topological polar surface area (TPSA) is 115 Å². The molecular formula is C6H7I2O6P. The van der Waals surface area contributed by atoms with Gasteiger partial charge in [0.15, 0.2) is 21.2 Å². The summed E-state index contributed by atoms with van der Waals surface area (Å²) in [4.78, 5) is 21.6. The summed E-state index contributed by atoms with van der Waals surface area (Å²) in [7, 11) is -4.64. The van der Waals surface area contributed by atoms with Crippen molar-refractivity contribution < 1.29 is 27.4 Å². The van der Waals surface area contributed by atoms with Gasteiger partial charge in [0, 0.05) is 3.57 Å². The van der Waals surface area contributed by atoms with Crippen LogP contribution in [0.5, 0.6) is 5.75 Å². The van der Waals surface area contributed by atoms with E-state index in [-0.39, 0.29) is 5.75 Å². The Hall–Kier alpha value is 0.390. The van der Waals surface area contributed by atoms with Crippen molar-refractivity contribution >= 4 is 51.6 Å². The van der Waals surface area contributed by atoms with Crippen molar-refractivity contribution in [1.82, 2.24) is 0 Å². The van der Waals surface area contributed by atoms with Crippen LogP contribution in [0.2, 0.25) is 0 Å². The van der Waals surface area contributed by atoms with Crippen molar-refractivity contribution in [3.63, 3.8) is 0 Å². The maximum absolute atomic E-state index is 10.5. The number of halogens is 2. The second-order valence-corrected chi connectivity index (χ2v) is 5.87. The minimum atomic E-state index is -4.64. The molecule has 0 saturated carbocycles. The number of hydrogen-bond donors (Lipinski definition) is 4. The maximum Gasteiger partial charge on any atom is 0.466 e. The highest BCUT2D eigenvalue weighted by molar-refractivity contribution is 14.2. The zero-order valence-electron chi connectivity index (χ0n) is 7.04. The Morgan fingerprint density at radius 1 is 1.27 bits per heavy atom. The molecule has 9 heteroatoms. The SMILES string of the molecule is O=Ic1c(O)cccc1I.O=P(O)(O)O. The lowest BCUT2D eigenvalue weighted by Gasteiger charge is -1.95. The summed E-state index contributed by atoms with van der Waals surface area (Å²) in [6.07, 6.45) is 0. The van der Waals surface area contributed by atoms with E-state index >= 15 is 0 Å². The Morgan fingerprint density at radius 2 is 1.73 bits per heavy atom. The predicted octanol–water partition coefficient (Wildman–Crippen LogP) is 1.55. The number of aromatic hydroxyl groups is 1. The van der Waals surface area contributed by atoms with E-state index in [1.54, 1.807) is 12.1 Å². The van der Waals surface area contributed by atoms with E-state index in [0.717, 1.165) is 3.57 Å². The molecule has 0 aliphatic carbocycles. The molecule has 0 atom stereocenters. The lowest BCUT2D eigenvalue weighted by atomic mass is 10.3. The molecule has 1 rings (SSSR count). The van der Waals surface area contributed by atoms with Crippen molar-refractivity contribution in [2.24, 2.45) is 0 Å². The first-order valence-corrected chi connectivity index (χ1v) is 7.89. The number of phenolic OH excluding ortho intramolecular Hbond substituents is 1. The summed E-state index contributed by atoms with van der Waals surface area (Å²) < 4.78 is 20.9. The minimum absolute atomic E-state index is 0.148. The van der Waals surface area contributed by atoms with Gasteiger partial charge in [-0.15, -0.1) is 0 Å². The Balaban J connectivity index is 0.000000336. The number of hydrogen-bond acceptors (Lipinski definition) is 3. The highest BCUT2D eigenvalue weighted by Crippen LogP contribution is 2.26. The van der Waals surface area contributed by atoms with Crippen LogP contribution in [0.25, 0.3) is 0 Å². The molecule has 0 heterocycles. The molecule has 0 radical (unpaired) electrons. The smallest absolute Gasteiger partial charge is 0.466 e. The first kappa shape index (κ1) is 15.4. The molecule has 0 fully saturated rings. The summed E-state index contributed by atoms with van der Waals surface area (Å²) in [5.41, 5.74) is 0. The fourth-order valence-electron chi connectivity index (χ4n) is 0.569. The molecule has 15 heavy (non-hydrogen) atoms. The predicted molar refractivity (Wildman–Crippen MR) is 68.5 cm³/mol. The normalized spacial score (nSPS) is 10.4. The molecule has 0 saturated heterocycles. The number of phosphoric acid groups is 1. The molecule has 0 aliphatic rings. The van der Waals surface area contributed by atoms with Crippen molar-refractivity contribution in [2.45, 2.75) is 0 Å². The third kappa shape index (κ3) is 8.22. The van der Waals surface area contributed by atoms with Crippen LogP contribution in [-0.4, -0.2) is 19.8 Å². The average Bonchev–Trinajstić information content (AvgIpc) is 2.01. The van der Waals surface area contributed by atoms with Gasteiger partial charge in [0.1, 0.15) is 9.32 Å². The third-order valence-corrected chi connectivity index (χ3v) is 4.51. The minimum Gasteiger partial charge on any atom is -0.507 e.